The molecule has 1 amide bonds. The standard InChI is InChI=1S/C18H31N5O3/c1-4-20-17(21-13-18(2,25)15-6-5-11-26-15)22-14-7-9-23(10-8-14)12-16(24)19-3/h5-6,11,14,25H,4,7-10,12-13H2,1-3H3,(H,19,24)(H2,20,21,22). The Bertz CT molecular complexity index is 578. The van der Waals surface area contributed by atoms with Crippen molar-refractivity contribution in [1.29, 1.82) is 0 Å². The Morgan fingerprint density at radius 2 is 2.19 bits per heavy atom. The summed E-state index contributed by atoms with van der Waals surface area (Å²) < 4.78 is 5.29. The van der Waals surface area contributed by atoms with Gasteiger partial charge in [-0.05, 0) is 38.8 Å². The van der Waals surface area contributed by atoms with E-state index < -0.39 is 5.60 Å². The third kappa shape index (κ3) is 6.03. The van der Waals surface area contributed by atoms with Crippen molar-refractivity contribution in [2.75, 3.05) is 39.8 Å². The van der Waals surface area contributed by atoms with Crippen LogP contribution in [-0.2, 0) is 10.4 Å². The number of nitrogens with zero attached hydrogens (tertiary/aromatic N) is 2. The zero-order valence-corrected chi connectivity index (χ0v) is 15.9. The number of hydrogen-bond acceptors (Lipinski definition) is 5. The molecule has 0 saturated carbocycles. The van der Waals surface area contributed by atoms with Crippen LogP contribution in [0.4, 0.5) is 0 Å². The Morgan fingerprint density at radius 1 is 1.46 bits per heavy atom. The summed E-state index contributed by atoms with van der Waals surface area (Å²) in [6.07, 6.45) is 3.43. The SMILES string of the molecule is CCNC(=NCC(C)(O)c1ccco1)NC1CCN(CC(=O)NC)CC1. The number of likely N-dealkylation sites (tertiary alicyclic amines) is 1. The van der Waals surface area contributed by atoms with Crippen LogP contribution in [0.1, 0.15) is 32.4 Å². The molecular weight excluding hydrogens is 334 g/mol. The van der Waals surface area contributed by atoms with Crippen LogP contribution in [0.15, 0.2) is 27.8 Å². The van der Waals surface area contributed by atoms with E-state index in [1.165, 1.54) is 0 Å². The minimum absolute atomic E-state index is 0.0477. The summed E-state index contributed by atoms with van der Waals surface area (Å²) in [4.78, 5) is 18.2. The number of piperidine rings is 1. The van der Waals surface area contributed by atoms with Gasteiger partial charge >= 0.3 is 0 Å². The number of carbonyl (C=O) groups excluding carboxylic acids is 1. The van der Waals surface area contributed by atoms with E-state index in [2.05, 4.69) is 25.8 Å². The number of carbonyl (C=O) groups is 1. The van der Waals surface area contributed by atoms with Gasteiger partial charge in [0.05, 0.1) is 19.4 Å². The molecular formula is C18H31N5O3. The maximum Gasteiger partial charge on any atom is 0.233 e. The summed E-state index contributed by atoms with van der Waals surface area (Å²) in [5, 5.41) is 19.8. The lowest BCUT2D eigenvalue weighted by Crippen LogP contribution is -2.50. The topological polar surface area (TPSA) is 102 Å². The number of aliphatic hydroxyl groups is 1. The van der Waals surface area contributed by atoms with Gasteiger partial charge in [-0.3, -0.25) is 9.69 Å². The highest BCUT2D eigenvalue weighted by molar-refractivity contribution is 5.80. The Labute approximate surface area is 155 Å². The molecule has 0 spiro atoms. The first kappa shape index (κ1) is 20.3. The molecule has 1 aliphatic heterocycles. The fraction of sp³-hybridized carbons (Fsp3) is 0.667. The molecule has 0 radical (unpaired) electrons. The maximum atomic E-state index is 11.5. The van der Waals surface area contributed by atoms with E-state index in [0.717, 1.165) is 32.5 Å². The first-order chi connectivity index (χ1) is 12.4. The zero-order chi connectivity index (χ0) is 19.0. The molecule has 1 aromatic rings. The quantitative estimate of drug-likeness (QED) is 0.408. The van der Waals surface area contributed by atoms with Gasteiger partial charge < -0.3 is 25.5 Å². The van der Waals surface area contributed by atoms with Crippen LogP contribution in [-0.4, -0.2) is 67.7 Å². The van der Waals surface area contributed by atoms with Gasteiger partial charge in [0.1, 0.15) is 11.4 Å². The van der Waals surface area contributed by atoms with Crippen molar-refractivity contribution in [3.05, 3.63) is 24.2 Å². The molecule has 1 saturated heterocycles. The third-order valence-electron chi connectivity index (χ3n) is 4.52. The molecule has 1 aliphatic rings. The van der Waals surface area contributed by atoms with Crippen LogP contribution >= 0.6 is 0 Å². The summed E-state index contributed by atoms with van der Waals surface area (Å²) in [5.74, 6) is 1.23. The van der Waals surface area contributed by atoms with E-state index in [-0.39, 0.29) is 12.5 Å². The van der Waals surface area contributed by atoms with Crippen molar-refractivity contribution in [1.82, 2.24) is 20.9 Å². The number of nitrogens with one attached hydrogen (secondary N) is 3. The number of aliphatic imine (C=N–C) groups is 1. The Morgan fingerprint density at radius 3 is 2.77 bits per heavy atom. The molecule has 1 fully saturated rings. The van der Waals surface area contributed by atoms with Crippen molar-refractivity contribution in [3.63, 3.8) is 0 Å². The normalized spacial score (nSPS) is 19.0. The molecule has 1 unspecified atom stereocenters. The predicted molar refractivity (Wildman–Crippen MR) is 101 cm³/mol. The predicted octanol–water partition coefficient (Wildman–Crippen LogP) is 0.253. The summed E-state index contributed by atoms with van der Waals surface area (Å²) in [6.45, 7) is 6.83. The lowest BCUT2D eigenvalue weighted by Gasteiger charge is -2.32. The summed E-state index contributed by atoms with van der Waals surface area (Å²) >= 11 is 0. The molecule has 26 heavy (non-hydrogen) atoms. The highest BCUT2D eigenvalue weighted by Crippen LogP contribution is 2.21. The van der Waals surface area contributed by atoms with E-state index in [4.69, 9.17) is 4.42 Å². The van der Waals surface area contributed by atoms with Gasteiger partial charge in [-0.15, -0.1) is 0 Å². The molecule has 4 N–H and O–H groups in total. The zero-order valence-electron chi connectivity index (χ0n) is 15.9. The average Bonchev–Trinajstić information content (AvgIpc) is 3.17. The van der Waals surface area contributed by atoms with Crippen LogP contribution in [0.25, 0.3) is 0 Å². The summed E-state index contributed by atoms with van der Waals surface area (Å²) in [6, 6.07) is 3.80. The number of furan rings is 1. The van der Waals surface area contributed by atoms with Gasteiger partial charge in [-0.1, -0.05) is 0 Å². The van der Waals surface area contributed by atoms with Crippen LogP contribution in [0, 0.1) is 0 Å². The highest BCUT2D eigenvalue weighted by atomic mass is 16.4. The maximum absolute atomic E-state index is 11.5. The van der Waals surface area contributed by atoms with Gasteiger partial charge in [0, 0.05) is 32.7 Å². The molecule has 0 aliphatic carbocycles. The number of guanidine groups is 1. The Hall–Kier alpha value is -2.06. The summed E-state index contributed by atoms with van der Waals surface area (Å²) in [7, 11) is 1.66. The summed E-state index contributed by atoms with van der Waals surface area (Å²) in [5.41, 5.74) is -1.15. The fourth-order valence-corrected chi connectivity index (χ4v) is 2.93. The minimum atomic E-state index is -1.15. The molecule has 8 heteroatoms. The number of likely N-dealkylation sites (N-methyl/N-ethyl adjacent to an activating group) is 1. The van der Waals surface area contributed by atoms with Crippen molar-refractivity contribution in [2.24, 2.45) is 4.99 Å². The van der Waals surface area contributed by atoms with Gasteiger partial charge in [-0.2, -0.15) is 0 Å². The lowest BCUT2D eigenvalue weighted by molar-refractivity contribution is -0.122. The first-order valence-corrected chi connectivity index (χ1v) is 9.18. The number of amides is 1. The van der Waals surface area contributed by atoms with Crippen molar-refractivity contribution >= 4 is 11.9 Å². The molecule has 1 aromatic heterocycles. The molecule has 8 nitrogen and oxygen atoms in total. The van der Waals surface area contributed by atoms with E-state index in [0.29, 0.717) is 24.3 Å². The molecule has 0 bridgehead atoms. The molecule has 2 heterocycles. The first-order valence-electron chi connectivity index (χ1n) is 9.18. The highest BCUT2D eigenvalue weighted by Gasteiger charge is 2.26. The fourth-order valence-electron chi connectivity index (χ4n) is 2.93. The Kier molecular flexibility index (Phi) is 7.47. The smallest absolute Gasteiger partial charge is 0.233 e. The van der Waals surface area contributed by atoms with Crippen LogP contribution in [0.3, 0.4) is 0 Å². The second-order valence-electron chi connectivity index (χ2n) is 6.81. The van der Waals surface area contributed by atoms with Crippen LogP contribution < -0.4 is 16.0 Å². The van der Waals surface area contributed by atoms with Crippen LogP contribution in [0.2, 0.25) is 0 Å². The second kappa shape index (κ2) is 9.59. The number of hydrogen-bond donors (Lipinski definition) is 4. The second-order valence-corrected chi connectivity index (χ2v) is 6.81. The minimum Gasteiger partial charge on any atom is -0.466 e. The van der Waals surface area contributed by atoms with Crippen molar-refractivity contribution in [2.45, 2.75) is 38.3 Å². The van der Waals surface area contributed by atoms with E-state index >= 15 is 0 Å². The van der Waals surface area contributed by atoms with Gasteiger partial charge in [-0.25, -0.2) is 4.99 Å². The van der Waals surface area contributed by atoms with Crippen LogP contribution in [0.5, 0.6) is 0 Å². The largest absolute Gasteiger partial charge is 0.466 e. The van der Waals surface area contributed by atoms with Crippen molar-refractivity contribution < 1.29 is 14.3 Å². The van der Waals surface area contributed by atoms with Gasteiger partial charge in [0.15, 0.2) is 5.96 Å². The average molecular weight is 365 g/mol. The molecule has 2 rings (SSSR count). The molecule has 146 valence electrons. The van der Waals surface area contributed by atoms with E-state index in [1.54, 1.807) is 32.4 Å². The third-order valence-corrected chi connectivity index (χ3v) is 4.52. The van der Waals surface area contributed by atoms with E-state index in [9.17, 15) is 9.90 Å². The van der Waals surface area contributed by atoms with E-state index in [1.807, 2.05) is 6.92 Å². The van der Waals surface area contributed by atoms with Crippen molar-refractivity contribution in [3.8, 4) is 0 Å². The monoisotopic (exact) mass is 365 g/mol. The lowest BCUT2D eigenvalue weighted by atomic mass is 10.0. The Balaban J connectivity index is 1.87. The number of rotatable bonds is 7. The van der Waals surface area contributed by atoms with Gasteiger partial charge in [0.25, 0.3) is 0 Å². The van der Waals surface area contributed by atoms with Gasteiger partial charge in [0.2, 0.25) is 5.91 Å². The molecule has 1 atom stereocenters. The molecule has 0 aromatic carbocycles.